The summed E-state index contributed by atoms with van der Waals surface area (Å²) in [6, 6.07) is 0. The molecule has 1 heterocycles. The molecule has 5 aliphatic rings. The van der Waals surface area contributed by atoms with Crippen LogP contribution >= 0.6 is 0 Å². The first-order valence-electron chi connectivity index (χ1n) is 17.1. The second-order valence-corrected chi connectivity index (χ2v) is 15.7. The Morgan fingerprint density at radius 1 is 0.951 bits per heavy atom. The molecule has 0 aromatic carbocycles. The van der Waals surface area contributed by atoms with Crippen LogP contribution in [0.15, 0.2) is 11.6 Å². The van der Waals surface area contributed by atoms with Crippen molar-refractivity contribution in [2.75, 3.05) is 6.61 Å². The second-order valence-electron chi connectivity index (χ2n) is 15.7. The zero-order valence-corrected chi connectivity index (χ0v) is 26.7. The number of hydrogen-bond donors (Lipinski definition) is 4. The van der Waals surface area contributed by atoms with Gasteiger partial charge in [-0.25, -0.2) is 0 Å². The van der Waals surface area contributed by atoms with Crippen LogP contribution in [-0.4, -0.2) is 63.8 Å². The minimum Gasteiger partial charge on any atom is -0.394 e. The lowest BCUT2D eigenvalue weighted by Gasteiger charge is -2.58. The smallest absolute Gasteiger partial charge is 0.186 e. The van der Waals surface area contributed by atoms with Gasteiger partial charge in [0.05, 0.1) is 12.7 Å². The zero-order chi connectivity index (χ0) is 29.7. The fourth-order valence-corrected chi connectivity index (χ4v) is 10.8. The van der Waals surface area contributed by atoms with Crippen LogP contribution in [0.1, 0.15) is 112 Å². The Labute approximate surface area is 249 Å². The van der Waals surface area contributed by atoms with Crippen LogP contribution in [0.3, 0.4) is 0 Å². The Hall–Kier alpha value is -0.500. The molecule has 5 rings (SSSR count). The maximum atomic E-state index is 10.5. The number of hydrogen-bond acceptors (Lipinski definition) is 6. The lowest BCUT2D eigenvalue weighted by molar-refractivity contribution is -0.313. The summed E-state index contributed by atoms with van der Waals surface area (Å²) in [7, 11) is 0. The standard InChI is InChI=1S/C35H60O6/c1-7-22(20(2)3)9-8-21(4)26-12-13-27-25-11-10-23-18-24(14-16-34(23,5)28(25)15-17-35(26,27)6)40-33-32(39)31(38)30(37)29(19-36)41-33/h10,20-22,24-33,36-39H,7-9,11-19H2,1-6H3/t21-,22-,24+,25+,26-,27+,28+,29-,30+,31?,32-,33-,34+,35-/m1/s1. The molecule has 0 radical (unpaired) electrons. The highest BCUT2D eigenvalue weighted by molar-refractivity contribution is 5.25. The molecule has 6 nitrogen and oxygen atoms in total. The molecule has 4 fully saturated rings. The number of ether oxygens (including phenoxy) is 2. The van der Waals surface area contributed by atoms with Gasteiger partial charge in [-0.05, 0) is 110 Å². The third-order valence-electron chi connectivity index (χ3n) is 13.5. The largest absolute Gasteiger partial charge is 0.394 e. The molecule has 0 amide bonds. The first kappa shape index (κ1) is 31.9. The van der Waals surface area contributed by atoms with E-state index in [1.165, 1.54) is 56.9 Å². The highest BCUT2D eigenvalue weighted by Crippen LogP contribution is 2.67. The first-order chi connectivity index (χ1) is 19.4. The van der Waals surface area contributed by atoms with Crippen molar-refractivity contribution in [3.63, 3.8) is 0 Å². The average Bonchev–Trinajstić information content (AvgIpc) is 3.30. The van der Waals surface area contributed by atoms with Gasteiger partial charge in [-0.1, -0.05) is 66.0 Å². The molecular formula is C35H60O6. The van der Waals surface area contributed by atoms with Gasteiger partial charge in [0, 0.05) is 0 Å². The van der Waals surface area contributed by atoms with Crippen LogP contribution in [0.4, 0.5) is 0 Å². The normalized spacial score (nSPS) is 47.7. The van der Waals surface area contributed by atoms with E-state index in [4.69, 9.17) is 9.47 Å². The molecule has 236 valence electrons. The summed E-state index contributed by atoms with van der Waals surface area (Å²) >= 11 is 0. The van der Waals surface area contributed by atoms with Gasteiger partial charge in [0.25, 0.3) is 0 Å². The summed E-state index contributed by atoms with van der Waals surface area (Å²) in [6.07, 6.45) is 9.92. The van der Waals surface area contributed by atoms with E-state index in [0.29, 0.717) is 5.41 Å². The molecule has 4 aliphatic carbocycles. The van der Waals surface area contributed by atoms with Gasteiger partial charge in [0.1, 0.15) is 24.4 Å². The third kappa shape index (κ3) is 5.73. The van der Waals surface area contributed by atoms with E-state index in [9.17, 15) is 20.4 Å². The minimum atomic E-state index is -1.40. The molecule has 0 bridgehead atoms. The molecule has 1 aliphatic heterocycles. The van der Waals surface area contributed by atoms with Gasteiger partial charge >= 0.3 is 0 Å². The molecule has 3 saturated carbocycles. The average molecular weight is 577 g/mol. The SMILES string of the molecule is CC[C@H](CC[C@@H](C)[C@H]1CC[C@H]2[C@@H]3CC=C4C[C@@H](O[C@@H]5O[C@H](CO)[C@H](O)C(O)[C@H]5O)CC[C@]4(C)[C@H]3CC[C@]12C)C(C)C. The number of allylic oxidation sites excluding steroid dienone is 1. The van der Waals surface area contributed by atoms with Crippen LogP contribution in [0.2, 0.25) is 0 Å². The van der Waals surface area contributed by atoms with Gasteiger partial charge in [-0.15, -0.1) is 0 Å². The molecule has 1 saturated heterocycles. The van der Waals surface area contributed by atoms with Crippen molar-refractivity contribution in [3.05, 3.63) is 11.6 Å². The van der Waals surface area contributed by atoms with Crippen molar-refractivity contribution in [2.24, 2.45) is 52.3 Å². The van der Waals surface area contributed by atoms with Gasteiger partial charge < -0.3 is 29.9 Å². The summed E-state index contributed by atoms with van der Waals surface area (Å²) in [5, 5.41) is 40.4. The summed E-state index contributed by atoms with van der Waals surface area (Å²) < 4.78 is 11.9. The van der Waals surface area contributed by atoms with Crippen LogP contribution < -0.4 is 0 Å². The summed E-state index contributed by atoms with van der Waals surface area (Å²) in [4.78, 5) is 0. The topological polar surface area (TPSA) is 99.4 Å². The van der Waals surface area contributed by atoms with E-state index < -0.39 is 37.3 Å². The van der Waals surface area contributed by atoms with Gasteiger partial charge in [-0.3, -0.25) is 0 Å². The molecule has 6 heteroatoms. The molecule has 4 N–H and O–H groups in total. The quantitative estimate of drug-likeness (QED) is 0.257. The van der Waals surface area contributed by atoms with Crippen LogP contribution in [0.5, 0.6) is 0 Å². The molecule has 14 atom stereocenters. The van der Waals surface area contributed by atoms with Crippen molar-refractivity contribution in [1.29, 1.82) is 0 Å². The van der Waals surface area contributed by atoms with E-state index in [1.807, 2.05) is 0 Å². The molecule has 0 spiro atoms. The summed E-state index contributed by atoms with van der Waals surface area (Å²) in [5.74, 6) is 5.66. The number of fused-ring (bicyclic) bond motifs is 5. The fraction of sp³-hybridized carbons (Fsp3) is 0.943. The second kappa shape index (κ2) is 12.5. The zero-order valence-electron chi connectivity index (χ0n) is 26.7. The van der Waals surface area contributed by atoms with Crippen molar-refractivity contribution < 1.29 is 29.9 Å². The minimum absolute atomic E-state index is 0.101. The molecular weight excluding hydrogens is 516 g/mol. The highest BCUT2D eigenvalue weighted by atomic mass is 16.7. The van der Waals surface area contributed by atoms with Gasteiger partial charge in [0.15, 0.2) is 6.29 Å². The van der Waals surface area contributed by atoms with E-state index in [1.54, 1.807) is 0 Å². The van der Waals surface area contributed by atoms with E-state index in [0.717, 1.165) is 60.7 Å². The number of rotatable bonds is 9. The Morgan fingerprint density at radius 2 is 1.71 bits per heavy atom. The number of aliphatic hydroxyl groups is 4. The van der Waals surface area contributed by atoms with Crippen LogP contribution in [0.25, 0.3) is 0 Å². The Bertz CT molecular complexity index is 918. The summed E-state index contributed by atoms with van der Waals surface area (Å²) in [6.45, 7) is 14.5. The Balaban J connectivity index is 1.24. The maximum absolute atomic E-state index is 10.5. The maximum Gasteiger partial charge on any atom is 0.186 e. The van der Waals surface area contributed by atoms with Crippen molar-refractivity contribution in [1.82, 2.24) is 0 Å². The Morgan fingerprint density at radius 3 is 2.39 bits per heavy atom. The Kier molecular flexibility index (Phi) is 9.71. The number of aliphatic hydroxyl groups excluding tert-OH is 4. The van der Waals surface area contributed by atoms with Crippen molar-refractivity contribution in [3.8, 4) is 0 Å². The molecule has 0 aromatic rings. The molecule has 1 unspecified atom stereocenters. The van der Waals surface area contributed by atoms with E-state index >= 15 is 0 Å². The predicted octanol–water partition coefficient (Wildman–Crippen LogP) is 5.85. The molecule has 0 aromatic heterocycles. The molecule has 41 heavy (non-hydrogen) atoms. The predicted molar refractivity (Wildman–Crippen MR) is 161 cm³/mol. The lowest BCUT2D eigenvalue weighted by Crippen LogP contribution is -2.60. The van der Waals surface area contributed by atoms with Gasteiger partial charge in [0.2, 0.25) is 0 Å². The highest BCUT2D eigenvalue weighted by Gasteiger charge is 2.59. The fourth-order valence-electron chi connectivity index (χ4n) is 10.8. The lowest BCUT2D eigenvalue weighted by atomic mass is 9.47. The monoisotopic (exact) mass is 576 g/mol. The first-order valence-corrected chi connectivity index (χ1v) is 17.1. The van der Waals surface area contributed by atoms with E-state index in [-0.39, 0.29) is 11.5 Å². The van der Waals surface area contributed by atoms with Gasteiger partial charge in [-0.2, -0.15) is 0 Å². The van der Waals surface area contributed by atoms with Crippen LogP contribution in [0, 0.1) is 52.3 Å². The third-order valence-corrected chi connectivity index (χ3v) is 13.5. The van der Waals surface area contributed by atoms with Crippen molar-refractivity contribution in [2.45, 2.75) is 149 Å². The van der Waals surface area contributed by atoms with Crippen molar-refractivity contribution >= 4 is 0 Å². The van der Waals surface area contributed by atoms with E-state index in [2.05, 4.69) is 47.6 Å². The summed E-state index contributed by atoms with van der Waals surface area (Å²) in [5.41, 5.74) is 2.19. The van der Waals surface area contributed by atoms with Crippen LogP contribution in [-0.2, 0) is 9.47 Å².